The van der Waals surface area contributed by atoms with Gasteiger partial charge in [-0.2, -0.15) is 0 Å². The van der Waals surface area contributed by atoms with Gasteiger partial charge in [-0.05, 0) is 18.2 Å². The van der Waals surface area contributed by atoms with Gasteiger partial charge in [0.2, 0.25) is 0 Å². The van der Waals surface area contributed by atoms with Crippen LogP contribution >= 0.6 is 15.9 Å². The third-order valence-electron chi connectivity index (χ3n) is 2.54. The number of halogens is 2. The first kappa shape index (κ1) is 10.9. The average molecular weight is 274 g/mol. The van der Waals surface area contributed by atoms with Crippen molar-refractivity contribution in [3.05, 3.63) is 28.5 Å². The van der Waals surface area contributed by atoms with Gasteiger partial charge in [0.25, 0.3) is 0 Å². The quantitative estimate of drug-likeness (QED) is 0.914. The van der Waals surface area contributed by atoms with E-state index >= 15 is 0 Å². The van der Waals surface area contributed by atoms with Crippen molar-refractivity contribution in [2.45, 2.75) is 6.92 Å². The molecule has 1 saturated heterocycles. The van der Waals surface area contributed by atoms with Crippen LogP contribution in [0.25, 0.3) is 0 Å². The predicted molar refractivity (Wildman–Crippen MR) is 61.5 cm³/mol. The lowest BCUT2D eigenvalue weighted by molar-refractivity contribution is -0.0924. The van der Waals surface area contributed by atoms with Crippen LogP contribution in [0.4, 0.5) is 10.1 Å². The van der Waals surface area contributed by atoms with Crippen LogP contribution < -0.4 is 5.32 Å². The molecule has 15 heavy (non-hydrogen) atoms. The fourth-order valence-corrected chi connectivity index (χ4v) is 1.86. The number of benzene rings is 1. The van der Waals surface area contributed by atoms with Crippen molar-refractivity contribution in [3.8, 4) is 0 Å². The van der Waals surface area contributed by atoms with Gasteiger partial charge in [-0.3, -0.25) is 0 Å². The Kier molecular flexibility index (Phi) is 2.98. The van der Waals surface area contributed by atoms with Crippen LogP contribution in [0.5, 0.6) is 0 Å². The molecule has 0 aromatic heterocycles. The van der Waals surface area contributed by atoms with Crippen LogP contribution in [0, 0.1) is 11.2 Å². The Labute approximate surface area is 96.9 Å². The number of ether oxygens (including phenoxy) is 1. The molecule has 0 atom stereocenters. The lowest BCUT2D eigenvalue weighted by Gasteiger charge is -2.38. The van der Waals surface area contributed by atoms with E-state index in [9.17, 15) is 4.39 Å². The summed E-state index contributed by atoms with van der Waals surface area (Å²) in [4.78, 5) is 0. The monoisotopic (exact) mass is 273 g/mol. The Balaban J connectivity index is 2.01. The summed E-state index contributed by atoms with van der Waals surface area (Å²) in [6.45, 7) is 4.35. The fraction of sp³-hybridized carbons (Fsp3) is 0.455. The first-order valence-electron chi connectivity index (χ1n) is 4.86. The normalized spacial score (nSPS) is 18.3. The van der Waals surface area contributed by atoms with Crippen LogP contribution in [0.15, 0.2) is 22.7 Å². The molecule has 0 spiro atoms. The van der Waals surface area contributed by atoms with Gasteiger partial charge in [-0.25, -0.2) is 4.39 Å². The van der Waals surface area contributed by atoms with E-state index in [4.69, 9.17) is 4.74 Å². The molecule has 1 aromatic rings. The molecule has 0 amide bonds. The molecule has 1 heterocycles. The second-order valence-electron chi connectivity index (χ2n) is 4.28. The SMILES string of the molecule is CC1(CNc2cc(Br)ccc2F)COC1. The van der Waals surface area contributed by atoms with Gasteiger partial charge in [0, 0.05) is 16.4 Å². The van der Waals surface area contributed by atoms with Crippen molar-refractivity contribution < 1.29 is 9.13 Å². The Hall–Kier alpha value is -0.610. The van der Waals surface area contributed by atoms with E-state index in [2.05, 4.69) is 28.2 Å². The van der Waals surface area contributed by atoms with Crippen molar-refractivity contribution in [2.24, 2.45) is 5.41 Å². The molecule has 1 aliphatic rings. The molecule has 2 nitrogen and oxygen atoms in total. The summed E-state index contributed by atoms with van der Waals surface area (Å²) in [5, 5.41) is 3.11. The van der Waals surface area contributed by atoms with Gasteiger partial charge < -0.3 is 10.1 Å². The molecule has 0 bridgehead atoms. The molecular weight excluding hydrogens is 261 g/mol. The topological polar surface area (TPSA) is 21.3 Å². The highest BCUT2D eigenvalue weighted by atomic mass is 79.9. The van der Waals surface area contributed by atoms with Gasteiger partial charge in [0.15, 0.2) is 0 Å². The minimum Gasteiger partial charge on any atom is -0.382 e. The zero-order valence-electron chi connectivity index (χ0n) is 8.52. The Bertz CT molecular complexity index is 366. The summed E-state index contributed by atoms with van der Waals surface area (Å²) >= 11 is 3.32. The molecule has 0 unspecified atom stereocenters. The van der Waals surface area contributed by atoms with E-state index in [1.807, 2.05) is 0 Å². The fourth-order valence-electron chi connectivity index (χ4n) is 1.49. The summed E-state index contributed by atoms with van der Waals surface area (Å²) in [6.07, 6.45) is 0. The highest BCUT2D eigenvalue weighted by molar-refractivity contribution is 9.10. The van der Waals surface area contributed by atoms with Crippen LogP contribution in [0.3, 0.4) is 0 Å². The van der Waals surface area contributed by atoms with Gasteiger partial charge in [0.05, 0.1) is 18.9 Å². The Morgan fingerprint density at radius 1 is 1.53 bits per heavy atom. The second kappa shape index (κ2) is 4.10. The third kappa shape index (κ3) is 2.49. The van der Waals surface area contributed by atoms with Crippen LogP contribution in [0.1, 0.15) is 6.92 Å². The standard InChI is InChI=1S/C11H13BrFNO/c1-11(6-15-7-11)5-14-10-4-8(12)2-3-9(10)13/h2-4,14H,5-7H2,1H3. The smallest absolute Gasteiger partial charge is 0.146 e. The van der Waals surface area contributed by atoms with E-state index in [1.54, 1.807) is 12.1 Å². The first-order valence-corrected chi connectivity index (χ1v) is 5.65. The molecule has 1 aromatic carbocycles. The lowest BCUT2D eigenvalue weighted by atomic mass is 9.89. The van der Waals surface area contributed by atoms with Gasteiger partial charge >= 0.3 is 0 Å². The molecule has 0 saturated carbocycles. The maximum atomic E-state index is 13.4. The molecule has 1 N–H and O–H groups in total. The summed E-state index contributed by atoms with van der Waals surface area (Å²) in [5.74, 6) is -0.220. The number of anilines is 1. The number of nitrogens with one attached hydrogen (secondary N) is 1. The maximum absolute atomic E-state index is 13.4. The predicted octanol–water partition coefficient (Wildman–Crippen LogP) is 3.04. The summed E-state index contributed by atoms with van der Waals surface area (Å²) < 4.78 is 19.4. The highest BCUT2D eigenvalue weighted by Crippen LogP contribution is 2.28. The van der Waals surface area contributed by atoms with Crippen molar-refractivity contribution in [1.29, 1.82) is 0 Å². The average Bonchev–Trinajstić information content (AvgIpc) is 2.17. The lowest BCUT2D eigenvalue weighted by Crippen LogP contribution is -2.45. The van der Waals surface area contributed by atoms with Crippen molar-refractivity contribution in [1.82, 2.24) is 0 Å². The molecule has 0 aliphatic carbocycles. The van der Waals surface area contributed by atoms with Gasteiger partial charge in [-0.15, -0.1) is 0 Å². The van der Waals surface area contributed by atoms with E-state index in [0.717, 1.165) is 24.2 Å². The van der Waals surface area contributed by atoms with Crippen LogP contribution in [-0.2, 0) is 4.74 Å². The Morgan fingerprint density at radius 2 is 2.27 bits per heavy atom. The number of hydrogen-bond donors (Lipinski definition) is 1. The molecular formula is C11H13BrFNO. The Morgan fingerprint density at radius 3 is 2.87 bits per heavy atom. The minimum absolute atomic E-state index is 0.148. The van der Waals surface area contributed by atoms with Gasteiger partial charge in [-0.1, -0.05) is 22.9 Å². The third-order valence-corrected chi connectivity index (χ3v) is 3.03. The van der Waals surface area contributed by atoms with E-state index < -0.39 is 0 Å². The molecule has 82 valence electrons. The maximum Gasteiger partial charge on any atom is 0.146 e. The van der Waals surface area contributed by atoms with E-state index in [-0.39, 0.29) is 11.2 Å². The van der Waals surface area contributed by atoms with Crippen molar-refractivity contribution in [3.63, 3.8) is 0 Å². The molecule has 2 rings (SSSR count). The van der Waals surface area contributed by atoms with E-state index in [0.29, 0.717) is 5.69 Å². The van der Waals surface area contributed by atoms with E-state index in [1.165, 1.54) is 6.07 Å². The van der Waals surface area contributed by atoms with Crippen LogP contribution in [-0.4, -0.2) is 19.8 Å². The van der Waals surface area contributed by atoms with Crippen molar-refractivity contribution >= 4 is 21.6 Å². The summed E-state index contributed by atoms with van der Waals surface area (Å²) in [7, 11) is 0. The molecule has 1 fully saturated rings. The highest BCUT2D eigenvalue weighted by Gasteiger charge is 2.33. The summed E-state index contributed by atoms with van der Waals surface area (Å²) in [5.41, 5.74) is 0.687. The largest absolute Gasteiger partial charge is 0.382 e. The van der Waals surface area contributed by atoms with Gasteiger partial charge in [0.1, 0.15) is 5.82 Å². The van der Waals surface area contributed by atoms with Crippen LogP contribution in [0.2, 0.25) is 0 Å². The molecule has 4 heteroatoms. The zero-order chi connectivity index (χ0) is 10.9. The minimum atomic E-state index is -0.220. The first-order chi connectivity index (χ1) is 7.09. The molecule has 0 radical (unpaired) electrons. The second-order valence-corrected chi connectivity index (χ2v) is 5.20. The number of hydrogen-bond acceptors (Lipinski definition) is 2. The van der Waals surface area contributed by atoms with Crippen molar-refractivity contribution in [2.75, 3.05) is 25.1 Å². The molecule has 1 aliphatic heterocycles. The zero-order valence-corrected chi connectivity index (χ0v) is 10.1. The number of rotatable bonds is 3. The summed E-state index contributed by atoms with van der Waals surface area (Å²) in [6, 6.07) is 4.89.